The van der Waals surface area contributed by atoms with Gasteiger partial charge in [0.25, 0.3) is 0 Å². The van der Waals surface area contributed by atoms with Crippen LogP contribution in [-0.2, 0) is 19.4 Å². The van der Waals surface area contributed by atoms with E-state index < -0.39 is 5.60 Å². The molecule has 1 aromatic rings. The molecular weight excluding hydrogens is 312 g/mol. The Balaban J connectivity index is 1.45. The minimum Gasteiger partial charge on any atom is -0.388 e. The summed E-state index contributed by atoms with van der Waals surface area (Å²) < 4.78 is 0. The monoisotopic (exact) mass is 344 g/mol. The second-order valence-electron chi connectivity index (χ2n) is 8.04. The maximum absolute atomic E-state index is 12.1. The van der Waals surface area contributed by atoms with Crippen molar-refractivity contribution in [3.05, 3.63) is 34.9 Å². The summed E-state index contributed by atoms with van der Waals surface area (Å²) in [7, 11) is 0. The third kappa shape index (κ3) is 4.97. The molecule has 4 nitrogen and oxygen atoms in total. The molecule has 25 heavy (non-hydrogen) atoms. The zero-order valence-corrected chi connectivity index (χ0v) is 15.4. The second kappa shape index (κ2) is 8.22. The van der Waals surface area contributed by atoms with E-state index in [1.54, 1.807) is 0 Å². The van der Waals surface area contributed by atoms with Gasteiger partial charge in [0.15, 0.2) is 0 Å². The van der Waals surface area contributed by atoms with Crippen LogP contribution in [0.25, 0.3) is 0 Å². The van der Waals surface area contributed by atoms with Crippen LogP contribution in [-0.4, -0.2) is 23.3 Å². The maximum atomic E-state index is 12.1. The largest absolute Gasteiger partial charge is 0.388 e. The van der Waals surface area contributed by atoms with Crippen molar-refractivity contribution in [3.8, 4) is 0 Å². The van der Waals surface area contributed by atoms with Crippen LogP contribution in [0, 0.1) is 5.92 Å². The van der Waals surface area contributed by atoms with E-state index in [1.807, 2.05) is 6.92 Å². The van der Waals surface area contributed by atoms with E-state index >= 15 is 0 Å². The highest BCUT2D eigenvalue weighted by atomic mass is 16.3. The molecule has 1 saturated carbocycles. The Bertz CT molecular complexity index is 592. The molecule has 1 aromatic carbocycles. The zero-order valence-electron chi connectivity index (χ0n) is 15.4. The van der Waals surface area contributed by atoms with Crippen LogP contribution in [0.15, 0.2) is 18.2 Å². The topological polar surface area (TPSA) is 61.4 Å². The number of benzene rings is 1. The van der Waals surface area contributed by atoms with Crippen molar-refractivity contribution in [2.75, 3.05) is 6.54 Å². The SMILES string of the molecule is CC(O)(CNC(=O)NCc1ccc2c(c1)CCCC2)C1CCCCC1. The van der Waals surface area contributed by atoms with E-state index in [2.05, 4.69) is 28.8 Å². The highest BCUT2D eigenvalue weighted by Gasteiger charge is 2.32. The smallest absolute Gasteiger partial charge is 0.315 e. The minimum absolute atomic E-state index is 0.200. The number of aryl methyl sites for hydroxylation is 2. The predicted molar refractivity (Wildman–Crippen MR) is 101 cm³/mol. The number of fused-ring (bicyclic) bond motifs is 1. The van der Waals surface area contributed by atoms with Crippen molar-refractivity contribution in [2.24, 2.45) is 5.92 Å². The van der Waals surface area contributed by atoms with Gasteiger partial charge < -0.3 is 15.7 Å². The average Bonchev–Trinajstić information content (AvgIpc) is 2.65. The molecule has 0 radical (unpaired) electrons. The van der Waals surface area contributed by atoms with E-state index in [4.69, 9.17) is 0 Å². The van der Waals surface area contributed by atoms with Crippen molar-refractivity contribution < 1.29 is 9.90 Å². The number of rotatable bonds is 5. The number of aliphatic hydroxyl groups is 1. The van der Waals surface area contributed by atoms with E-state index in [1.165, 1.54) is 49.7 Å². The highest BCUT2D eigenvalue weighted by Crippen LogP contribution is 2.32. The molecule has 3 N–H and O–H groups in total. The number of hydrogen-bond acceptors (Lipinski definition) is 2. The van der Waals surface area contributed by atoms with Gasteiger partial charge >= 0.3 is 6.03 Å². The lowest BCUT2D eigenvalue weighted by Crippen LogP contribution is -2.49. The lowest BCUT2D eigenvalue weighted by Gasteiger charge is -2.35. The molecule has 138 valence electrons. The van der Waals surface area contributed by atoms with Gasteiger partial charge in [-0.05, 0) is 68.1 Å². The third-order valence-electron chi connectivity index (χ3n) is 5.96. The van der Waals surface area contributed by atoms with Gasteiger partial charge in [-0.15, -0.1) is 0 Å². The van der Waals surface area contributed by atoms with Crippen LogP contribution in [0.2, 0.25) is 0 Å². The summed E-state index contributed by atoms with van der Waals surface area (Å²) in [4.78, 5) is 12.1. The van der Waals surface area contributed by atoms with Crippen LogP contribution >= 0.6 is 0 Å². The first-order valence-electron chi connectivity index (χ1n) is 9.89. The van der Waals surface area contributed by atoms with Gasteiger partial charge in [-0.25, -0.2) is 4.79 Å². The fraction of sp³-hybridized carbons (Fsp3) is 0.667. The first kappa shape index (κ1) is 18.2. The van der Waals surface area contributed by atoms with Crippen molar-refractivity contribution in [1.82, 2.24) is 10.6 Å². The van der Waals surface area contributed by atoms with Gasteiger partial charge in [0.2, 0.25) is 0 Å². The number of carbonyl (C=O) groups excluding carboxylic acids is 1. The standard InChI is InChI=1S/C21H32N2O2/c1-21(25,19-9-3-2-4-10-19)15-23-20(24)22-14-16-11-12-17-7-5-6-8-18(17)13-16/h11-13,19,25H,2-10,14-15H2,1H3,(H2,22,23,24). The van der Waals surface area contributed by atoms with Gasteiger partial charge in [-0.2, -0.15) is 0 Å². The summed E-state index contributed by atoms with van der Waals surface area (Å²) in [5.41, 5.74) is 3.23. The van der Waals surface area contributed by atoms with Crippen LogP contribution in [0.1, 0.15) is 68.6 Å². The van der Waals surface area contributed by atoms with Crippen molar-refractivity contribution >= 4 is 6.03 Å². The first-order chi connectivity index (χ1) is 12.0. The zero-order chi connectivity index (χ0) is 17.7. The summed E-state index contributed by atoms with van der Waals surface area (Å²) in [6, 6.07) is 6.35. The molecule has 0 spiro atoms. The summed E-state index contributed by atoms with van der Waals surface area (Å²) in [6.07, 6.45) is 10.6. The Kier molecular flexibility index (Phi) is 6.00. The minimum atomic E-state index is -0.816. The Morgan fingerprint density at radius 2 is 1.80 bits per heavy atom. The Morgan fingerprint density at radius 1 is 1.08 bits per heavy atom. The number of amides is 2. The summed E-state index contributed by atoms with van der Waals surface area (Å²) in [5, 5.41) is 16.4. The maximum Gasteiger partial charge on any atom is 0.315 e. The fourth-order valence-electron chi connectivity index (χ4n) is 4.27. The summed E-state index contributed by atoms with van der Waals surface area (Å²) >= 11 is 0. The third-order valence-corrected chi connectivity index (χ3v) is 5.96. The van der Waals surface area contributed by atoms with Crippen LogP contribution < -0.4 is 10.6 Å². The van der Waals surface area contributed by atoms with E-state index in [0.717, 1.165) is 24.8 Å². The van der Waals surface area contributed by atoms with Crippen LogP contribution in [0.5, 0.6) is 0 Å². The van der Waals surface area contributed by atoms with E-state index in [9.17, 15) is 9.90 Å². The molecule has 1 fully saturated rings. The van der Waals surface area contributed by atoms with Crippen molar-refractivity contribution in [1.29, 1.82) is 0 Å². The number of hydrogen-bond donors (Lipinski definition) is 3. The van der Waals surface area contributed by atoms with Crippen LogP contribution in [0.3, 0.4) is 0 Å². The predicted octanol–water partition coefficient (Wildman–Crippen LogP) is 3.70. The average molecular weight is 344 g/mol. The van der Waals surface area contributed by atoms with Crippen molar-refractivity contribution in [3.63, 3.8) is 0 Å². The molecule has 0 saturated heterocycles. The Labute approximate surface area is 151 Å². The molecule has 2 aliphatic carbocycles. The van der Waals surface area contributed by atoms with Gasteiger partial charge in [0.05, 0.1) is 5.60 Å². The lowest BCUT2D eigenvalue weighted by molar-refractivity contribution is -0.0130. The highest BCUT2D eigenvalue weighted by molar-refractivity contribution is 5.73. The molecular formula is C21H32N2O2. The molecule has 2 amide bonds. The number of urea groups is 1. The van der Waals surface area contributed by atoms with Crippen LogP contribution in [0.4, 0.5) is 4.79 Å². The first-order valence-corrected chi connectivity index (χ1v) is 9.89. The number of nitrogens with one attached hydrogen (secondary N) is 2. The van der Waals surface area contributed by atoms with Gasteiger partial charge in [0, 0.05) is 13.1 Å². The van der Waals surface area contributed by atoms with Gasteiger partial charge in [-0.1, -0.05) is 37.5 Å². The molecule has 3 rings (SSSR count). The van der Waals surface area contributed by atoms with E-state index in [0.29, 0.717) is 19.0 Å². The summed E-state index contributed by atoms with van der Waals surface area (Å²) in [5.74, 6) is 0.294. The number of carbonyl (C=O) groups is 1. The lowest BCUT2D eigenvalue weighted by atomic mass is 9.78. The summed E-state index contributed by atoms with van der Waals surface area (Å²) in [6.45, 7) is 2.70. The molecule has 2 aliphatic rings. The molecule has 4 heteroatoms. The van der Waals surface area contributed by atoms with Gasteiger partial charge in [0.1, 0.15) is 0 Å². The molecule has 0 bridgehead atoms. The molecule has 1 unspecified atom stereocenters. The van der Waals surface area contributed by atoms with E-state index in [-0.39, 0.29) is 6.03 Å². The Morgan fingerprint density at radius 3 is 2.56 bits per heavy atom. The quantitative estimate of drug-likeness (QED) is 0.763. The van der Waals surface area contributed by atoms with Gasteiger partial charge in [-0.3, -0.25) is 0 Å². The normalized spacial score (nSPS) is 20.4. The molecule has 1 atom stereocenters. The second-order valence-corrected chi connectivity index (χ2v) is 8.04. The van der Waals surface area contributed by atoms with Crippen molar-refractivity contribution in [2.45, 2.75) is 76.9 Å². The molecule has 0 aliphatic heterocycles. The Hall–Kier alpha value is -1.55. The fourth-order valence-corrected chi connectivity index (χ4v) is 4.27. The molecule has 0 aromatic heterocycles. The molecule has 0 heterocycles.